The Morgan fingerprint density at radius 3 is 2.61 bits per heavy atom. The van der Waals surface area contributed by atoms with Gasteiger partial charge in [-0.05, 0) is 43.4 Å². The number of nitro benzene ring substituents is 1. The second-order valence-corrected chi connectivity index (χ2v) is 7.46. The van der Waals surface area contributed by atoms with Crippen LogP contribution in [0.2, 0.25) is 0 Å². The lowest BCUT2D eigenvalue weighted by atomic mass is 10.1. The van der Waals surface area contributed by atoms with Gasteiger partial charge in [0.15, 0.2) is 5.75 Å². The Bertz CT molecular complexity index is 937. The third-order valence-corrected chi connectivity index (χ3v) is 5.88. The first kappa shape index (κ1) is 19.8. The lowest BCUT2D eigenvalue weighted by Crippen LogP contribution is -2.15. The molecule has 8 nitrogen and oxygen atoms in total. The Morgan fingerprint density at radius 2 is 1.93 bits per heavy atom. The van der Waals surface area contributed by atoms with Crippen molar-refractivity contribution in [1.82, 2.24) is 0 Å². The average molecular weight is 404 g/mol. The largest absolute Gasteiger partial charge is 0.490 e. The first-order valence-corrected chi connectivity index (χ1v) is 9.64. The topological polar surface area (TPSA) is 108 Å². The highest BCUT2D eigenvalue weighted by molar-refractivity contribution is 7.17. The van der Waals surface area contributed by atoms with Crippen LogP contribution in [0.4, 0.5) is 10.7 Å². The summed E-state index contributed by atoms with van der Waals surface area (Å²) in [6, 6.07) is 3.97. The van der Waals surface area contributed by atoms with Gasteiger partial charge in [0.05, 0.1) is 24.7 Å². The highest BCUT2D eigenvalue weighted by Gasteiger charge is 2.27. The number of carbonyl (C=O) groups is 2. The van der Waals surface area contributed by atoms with Crippen LogP contribution >= 0.6 is 11.3 Å². The van der Waals surface area contributed by atoms with Crippen molar-refractivity contribution >= 4 is 33.9 Å². The van der Waals surface area contributed by atoms with Crippen LogP contribution in [-0.4, -0.2) is 31.0 Å². The Kier molecular flexibility index (Phi) is 5.93. The van der Waals surface area contributed by atoms with E-state index in [0.29, 0.717) is 10.6 Å². The molecule has 0 radical (unpaired) electrons. The smallest absolute Gasteiger partial charge is 0.341 e. The van der Waals surface area contributed by atoms with Crippen LogP contribution in [0.15, 0.2) is 18.2 Å². The van der Waals surface area contributed by atoms with E-state index in [9.17, 15) is 19.7 Å². The number of nitrogens with zero attached hydrogens (tertiary/aromatic N) is 1. The van der Waals surface area contributed by atoms with E-state index in [1.54, 1.807) is 0 Å². The van der Waals surface area contributed by atoms with E-state index >= 15 is 0 Å². The molecular formula is C19H20N2O6S. The maximum atomic E-state index is 12.7. The number of nitrogens with one attached hydrogen (secondary N) is 1. The van der Waals surface area contributed by atoms with Gasteiger partial charge in [-0.3, -0.25) is 14.9 Å². The number of anilines is 1. The summed E-state index contributed by atoms with van der Waals surface area (Å²) >= 11 is 1.37. The van der Waals surface area contributed by atoms with Gasteiger partial charge in [-0.15, -0.1) is 11.3 Å². The lowest BCUT2D eigenvalue weighted by Gasteiger charge is -2.08. The molecule has 0 fully saturated rings. The maximum absolute atomic E-state index is 12.7. The van der Waals surface area contributed by atoms with E-state index in [4.69, 9.17) is 9.47 Å². The normalized spacial score (nSPS) is 13.2. The highest BCUT2D eigenvalue weighted by atomic mass is 32.1. The zero-order valence-electron chi connectivity index (χ0n) is 15.6. The molecule has 0 spiro atoms. The van der Waals surface area contributed by atoms with Crippen LogP contribution in [-0.2, 0) is 17.6 Å². The van der Waals surface area contributed by atoms with Crippen LogP contribution in [0.25, 0.3) is 0 Å². The van der Waals surface area contributed by atoms with Crippen molar-refractivity contribution in [3.05, 3.63) is 49.9 Å². The monoisotopic (exact) mass is 404 g/mol. The highest BCUT2D eigenvalue weighted by Crippen LogP contribution is 2.38. The molecule has 1 heterocycles. The van der Waals surface area contributed by atoms with Crippen LogP contribution < -0.4 is 10.1 Å². The molecule has 0 atom stereocenters. The molecule has 1 N–H and O–H groups in total. The summed E-state index contributed by atoms with van der Waals surface area (Å²) < 4.78 is 9.88. The summed E-state index contributed by atoms with van der Waals surface area (Å²) in [5, 5.41) is 14.4. The minimum Gasteiger partial charge on any atom is -0.490 e. The van der Waals surface area contributed by atoms with E-state index < -0.39 is 16.8 Å². The van der Waals surface area contributed by atoms with Crippen LogP contribution in [0.1, 0.15) is 50.4 Å². The van der Waals surface area contributed by atoms with Crippen molar-refractivity contribution in [3.63, 3.8) is 0 Å². The number of amides is 1. The molecule has 148 valence electrons. The molecule has 0 saturated heterocycles. The summed E-state index contributed by atoms with van der Waals surface area (Å²) in [6.07, 6.45) is 4.73. The molecule has 0 saturated carbocycles. The molecule has 1 aliphatic carbocycles. The number of hydrogen-bond acceptors (Lipinski definition) is 7. The first-order chi connectivity index (χ1) is 13.5. The number of rotatable bonds is 5. The van der Waals surface area contributed by atoms with E-state index in [1.807, 2.05) is 0 Å². The van der Waals surface area contributed by atoms with Crippen LogP contribution in [0, 0.1) is 10.1 Å². The molecule has 3 rings (SSSR count). The van der Waals surface area contributed by atoms with Crippen molar-refractivity contribution in [2.75, 3.05) is 19.5 Å². The van der Waals surface area contributed by atoms with Crippen LogP contribution in [0.5, 0.6) is 5.75 Å². The van der Waals surface area contributed by atoms with Crippen molar-refractivity contribution in [3.8, 4) is 5.75 Å². The number of hydrogen-bond donors (Lipinski definition) is 1. The Labute approximate surface area is 165 Å². The van der Waals surface area contributed by atoms with Gasteiger partial charge in [0.2, 0.25) is 0 Å². The van der Waals surface area contributed by atoms with Gasteiger partial charge in [-0.2, -0.15) is 0 Å². The van der Waals surface area contributed by atoms with E-state index in [2.05, 4.69) is 5.32 Å². The Balaban J connectivity index is 1.95. The fourth-order valence-corrected chi connectivity index (χ4v) is 4.57. The average Bonchev–Trinajstić information content (AvgIpc) is 2.86. The third kappa shape index (κ3) is 3.84. The second kappa shape index (κ2) is 8.39. The second-order valence-electron chi connectivity index (χ2n) is 6.36. The zero-order chi connectivity index (χ0) is 20.3. The molecule has 1 aromatic heterocycles. The number of methoxy groups -OCH3 is 2. The molecular weight excluding hydrogens is 384 g/mol. The molecule has 0 unspecified atom stereocenters. The van der Waals surface area contributed by atoms with Gasteiger partial charge in [-0.1, -0.05) is 6.42 Å². The van der Waals surface area contributed by atoms with Gasteiger partial charge in [0.25, 0.3) is 5.91 Å². The molecule has 0 bridgehead atoms. The van der Waals surface area contributed by atoms with Gasteiger partial charge in [0.1, 0.15) is 5.00 Å². The maximum Gasteiger partial charge on any atom is 0.341 e. The molecule has 1 amide bonds. The fraction of sp³-hybridized carbons (Fsp3) is 0.368. The van der Waals surface area contributed by atoms with Gasteiger partial charge in [0, 0.05) is 16.5 Å². The van der Waals surface area contributed by atoms with Crippen molar-refractivity contribution in [1.29, 1.82) is 0 Å². The Hall–Kier alpha value is -2.94. The van der Waals surface area contributed by atoms with E-state index in [1.165, 1.54) is 37.7 Å². The summed E-state index contributed by atoms with van der Waals surface area (Å²) in [7, 11) is 2.63. The fourth-order valence-electron chi connectivity index (χ4n) is 3.30. The molecule has 9 heteroatoms. The van der Waals surface area contributed by atoms with Crippen molar-refractivity contribution < 1.29 is 24.0 Å². The van der Waals surface area contributed by atoms with Gasteiger partial charge in [-0.25, -0.2) is 4.79 Å². The number of carbonyl (C=O) groups excluding carboxylic acids is 2. The summed E-state index contributed by atoms with van der Waals surface area (Å²) in [4.78, 5) is 36.7. The molecule has 1 aromatic carbocycles. The summed E-state index contributed by atoms with van der Waals surface area (Å²) in [5.41, 5.74) is 1.13. The van der Waals surface area contributed by atoms with E-state index in [-0.39, 0.29) is 17.0 Å². The number of fused-ring (bicyclic) bond motifs is 1. The number of nitro groups is 1. The minimum atomic E-state index is -0.608. The van der Waals surface area contributed by atoms with Crippen molar-refractivity contribution in [2.24, 2.45) is 0 Å². The first-order valence-electron chi connectivity index (χ1n) is 8.83. The third-order valence-electron chi connectivity index (χ3n) is 4.68. The molecule has 2 aromatic rings. The Morgan fingerprint density at radius 1 is 1.18 bits per heavy atom. The summed E-state index contributed by atoms with van der Waals surface area (Å²) in [5.74, 6) is -0.956. The predicted octanol–water partition coefficient (Wildman–Crippen LogP) is 3.97. The minimum absolute atomic E-state index is 0.0691. The SMILES string of the molecule is COC(=O)c1c(NC(=O)c2ccc(OC)c([N+](=O)[O-])c2)sc2c1CCCCC2. The quantitative estimate of drug-likeness (QED) is 0.350. The van der Waals surface area contributed by atoms with Gasteiger partial charge < -0.3 is 14.8 Å². The number of thiophene rings is 1. The molecule has 0 aliphatic heterocycles. The van der Waals surface area contributed by atoms with Gasteiger partial charge >= 0.3 is 11.7 Å². The molecule has 1 aliphatic rings. The lowest BCUT2D eigenvalue weighted by molar-refractivity contribution is -0.385. The molecule has 28 heavy (non-hydrogen) atoms. The van der Waals surface area contributed by atoms with Crippen molar-refractivity contribution in [2.45, 2.75) is 32.1 Å². The zero-order valence-corrected chi connectivity index (χ0v) is 16.4. The number of benzene rings is 1. The van der Waals surface area contributed by atoms with E-state index in [0.717, 1.165) is 48.6 Å². The number of aryl methyl sites for hydroxylation is 1. The van der Waals surface area contributed by atoms with Crippen LogP contribution in [0.3, 0.4) is 0 Å². The predicted molar refractivity (Wildman–Crippen MR) is 105 cm³/mol. The number of ether oxygens (including phenoxy) is 2. The standard InChI is InChI=1S/C19H20N2O6S/c1-26-14-9-8-11(10-13(14)21(24)25)17(22)20-18-16(19(23)27-2)12-6-4-3-5-7-15(12)28-18/h8-10H,3-7H2,1-2H3,(H,20,22). The summed E-state index contributed by atoms with van der Waals surface area (Å²) in [6.45, 7) is 0. The number of esters is 1.